The van der Waals surface area contributed by atoms with Crippen LogP contribution >= 0.6 is 0 Å². The van der Waals surface area contributed by atoms with Crippen LogP contribution in [-0.2, 0) is 6.42 Å². The molecule has 3 nitrogen and oxygen atoms in total. The third-order valence-corrected chi connectivity index (χ3v) is 3.67. The largest absolute Gasteiger partial charge is 0.331 e. The molecule has 3 rings (SSSR count). The van der Waals surface area contributed by atoms with Crippen LogP contribution in [0.2, 0.25) is 0 Å². The van der Waals surface area contributed by atoms with E-state index in [1.54, 1.807) is 0 Å². The Morgan fingerprint density at radius 3 is 2.55 bits per heavy atom. The SMILES string of the molecule is CN1C(=NNc2ccccc2)CCCc2ccccc21. The molecule has 0 aliphatic carbocycles. The van der Waals surface area contributed by atoms with Crippen LogP contribution in [-0.4, -0.2) is 12.9 Å². The summed E-state index contributed by atoms with van der Waals surface area (Å²) in [6.45, 7) is 0. The van der Waals surface area contributed by atoms with Crippen LogP contribution in [0.3, 0.4) is 0 Å². The Morgan fingerprint density at radius 2 is 1.70 bits per heavy atom. The molecule has 102 valence electrons. The second-order valence-electron chi connectivity index (χ2n) is 5.05. The first-order chi connectivity index (χ1) is 9.84. The Labute approximate surface area is 119 Å². The molecule has 20 heavy (non-hydrogen) atoms. The van der Waals surface area contributed by atoms with Crippen LogP contribution in [0, 0.1) is 0 Å². The van der Waals surface area contributed by atoms with Crippen molar-refractivity contribution >= 4 is 17.2 Å². The summed E-state index contributed by atoms with van der Waals surface area (Å²) >= 11 is 0. The fourth-order valence-electron chi connectivity index (χ4n) is 2.57. The van der Waals surface area contributed by atoms with Gasteiger partial charge in [0.15, 0.2) is 0 Å². The van der Waals surface area contributed by atoms with E-state index in [1.165, 1.54) is 11.3 Å². The molecule has 0 radical (unpaired) electrons. The summed E-state index contributed by atoms with van der Waals surface area (Å²) < 4.78 is 0. The number of hydrazone groups is 1. The van der Waals surface area contributed by atoms with Gasteiger partial charge < -0.3 is 4.90 Å². The zero-order valence-corrected chi connectivity index (χ0v) is 11.7. The van der Waals surface area contributed by atoms with Crippen molar-refractivity contribution in [1.29, 1.82) is 0 Å². The monoisotopic (exact) mass is 265 g/mol. The smallest absolute Gasteiger partial charge is 0.129 e. The molecule has 2 aromatic carbocycles. The number of hydrogen-bond donors (Lipinski definition) is 1. The van der Waals surface area contributed by atoms with Crippen LogP contribution < -0.4 is 10.3 Å². The van der Waals surface area contributed by atoms with Crippen molar-refractivity contribution in [2.45, 2.75) is 19.3 Å². The lowest BCUT2D eigenvalue weighted by Crippen LogP contribution is -2.26. The van der Waals surface area contributed by atoms with Gasteiger partial charge in [-0.05, 0) is 36.6 Å². The van der Waals surface area contributed by atoms with Crippen LogP contribution in [0.15, 0.2) is 59.7 Å². The first kappa shape index (κ1) is 12.7. The van der Waals surface area contributed by atoms with Crippen LogP contribution in [0.4, 0.5) is 11.4 Å². The molecule has 0 bridgehead atoms. The molecule has 1 aliphatic heterocycles. The van der Waals surface area contributed by atoms with Gasteiger partial charge in [0, 0.05) is 19.2 Å². The van der Waals surface area contributed by atoms with Crippen molar-refractivity contribution in [1.82, 2.24) is 0 Å². The van der Waals surface area contributed by atoms with Gasteiger partial charge in [0.25, 0.3) is 0 Å². The fraction of sp³-hybridized carbons (Fsp3) is 0.235. The fourth-order valence-corrected chi connectivity index (χ4v) is 2.57. The number of amidine groups is 1. The molecule has 3 heteroatoms. The van der Waals surface area contributed by atoms with E-state index in [2.05, 4.69) is 46.7 Å². The third kappa shape index (κ3) is 2.67. The molecule has 1 heterocycles. The molecule has 0 saturated heterocycles. The summed E-state index contributed by atoms with van der Waals surface area (Å²) in [5, 5.41) is 4.59. The molecule has 0 saturated carbocycles. The van der Waals surface area contributed by atoms with E-state index in [-0.39, 0.29) is 0 Å². The Bertz CT molecular complexity index is 605. The zero-order chi connectivity index (χ0) is 13.8. The van der Waals surface area contributed by atoms with Crippen LogP contribution in [0.5, 0.6) is 0 Å². The van der Waals surface area contributed by atoms with E-state index in [9.17, 15) is 0 Å². The number of nitrogens with one attached hydrogen (secondary N) is 1. The number of aryl methyl sites for hydroxylation is 1. The predicted octanol–water partition coefficient (Wildman–Crippen LogP) is 3.88. The average molecular weight is 265 g/mol. The number of benzene rings is 2. The summed E-state index contributed by atoms with van der Waals surface area (Å²) in [7, 11) is 2.09. The normalized spacial score (nSPS) is 16.6. The molecular weight excluding hydrogens is 246 g/mol. The first-order valence-electron chi connectivity index (χ1n) is 7.04. The quantitative estimate of drug-likeness (QED) is 0.834. The number of rotatable bonds is 2. The predicted molar refractivity (Wildman–Crippen MR) is 85.3 cm³/mol. The van der Waals surface area contributed by atoms with E-state index in [0.717, 1.165) is 30.8 Å². The minimum absolute atomic E-state index is 0.991. The Balaban J connectivity index is 1.84. The molecule has 1 N–H and O–H groups in total. The van der Waals surface area contributed by atoms with E-state index in [0.29, 0.717) is 0 Å². The highest BCUT2D eigenvalue weighted by Gasteiger charge is 2.16. The lowest BCUT2D eigenvalue weighted by Gasteiger charge is -2.20. The van der Waals surface area contributed by atoms with Crippen molar-refractivity contribution < 1.29 is 0 Å². The highest BCUT2D eigenvalue weighted by molar-refractivity contribution is 5.98. The zero-order valence-electron chi connectivity index (χ0n) is 11.7. The summed E-state index contributed by atoms with van der Waals surface area (Å²) in [6.07, 6.45) is 3.24. The topological polar surface area (TPSA) is 27.6 Å². The van der Waals surface area contributed by atoms with Crippen molar-refractivity contribution in [3.8, 4) is 0 Å². The molecule has 0 aromatic heterocycles. The lowest BCUT2D eigenvalue weighted by atomic mass is 10.1. The average Bonchev–Trinajstić information content (AvgIpc) is 2.66. The summed E-state index contributed by atoms with van der Waals surface area (Å²) in [5.41, 5.74) is 6.83. The second-order valence-corrected chi connectivity index (χ2v) is 5.05. The molecule has 0 fully saturated rings. The maximum Gasteiger partial charge on any atom is 0.129 e. The minimum atomic E-state index is 0.991. The Hall–Kier alpha value is -2.29. The highest BCUT2D eigenvalue weighted by atomic mass is 15.3. The number of fused-ring (bicyclic) bond motifs is 1. The lowest BCUT2D eigenvalue weighted by molar-refractivity contribution is 0.874. The van der Waals surface area contributed by atoms with Gasteiger partial charge in [-0.15, -0.1) is 0 Å². The van der Waals surface area contributed by atoms with Crippen LogP contribution in [0.25, 0.3) is 0 Å². The third-order valence-electron chi connectivity index (χ3n) is 3.67. The standard InChI is InChI=1S/C17H19N3/c1-20-16-12-6-5-8-14(16)9-7-13-17(20)19-18-15-10-3-2-4-11-15/h2-6,8,10-12,18H,7,9,13H2,1H3. The summed E-state index contributed by atoms with van der Waals surface area (Å²) in [4.78, 5) is 2.19. The second kappa shape index (κ2) is 5.78. The van der Waals surface area contributed by atoms with Gasteiger partial charge in [-0.3, -0.25) is 5.43 Å². The number of hydrogen-bond acceptors (Lipinski definition) is 2. The number of anilines is 2. The van der Waals surface area contributed by atoms with Crippen molar-refractivity contribution in [3.63, 3.8) is 0 Å². The van der Waals surface area contributed by atoms with E-state index in [1.807, 2.05) is 30.3 Å². The van der Waals surface area contributed by atoms with Crippen molar-refractivity contribution in [3.05, 3.63) is 60.2 Å². The molecule has 0 amide bonds. The maximum absolute atomic E-state index is 4.59. The van der Waals surface area contributed by atoms with Crippen molar-refractivity contribution in [2.24, 2.45) is 5.10 Å². The maximum atomic E-state index is 4.59. The molecule has 0 unspecified atom stereocenters. The molecule has 0 atom stereocenters. The van der Waals surface area contributed by atoms with Crippen molar-refractivity contribution in [2.75, 3.05) is 17.4 Å². The van der Waals surface area contributed by atoms with Gasteiger partial charge in [0.05, 0.1) is 5.69 Å². The van der Waals surface area contributed by atoms with Gasteiger partial charge >= 0.3 is 0 Å². The Kier molecular flexibility index (Phi) is 3.68. The summed E-state index contributed by atoms with van der Waals surface area (Å²) in [6, 6.07) is 18.6. The Morgan fingerprint density at radius 1 is 0.950 bits per heavy atom. The van der Waals surface area contributed by atoms with E-state index in [4.69, 9.17) is 0 Å². The molecular formula is C17H19N3. The first-order valence-corrected chi connectivity index (χ1v) is 7.04. The van der Waals surface area contributed by atoms with Gasteiger partial charge in [-0.2, -0.15) is 5.10 Å². The molecule has 0 spiro atoms. The number of nitrogens with zero attached hydrogens (tertiary/aromatic N) is 2. The summed E-state index contributed by atoms with van der Waals surface area (Å²) in [5.74, 6) is 1.08. The highest BCUT2D eigenvalue weighted by Crippen LogP contribution is 2.26. The molecule has 2 aromatic rings. The van der Waals surface area contributed by atoms with Gasteiger partial charge in [0.2, 0.25) is 0 Å². The van der Waals surface area contributed by atoms with Gasteiger partial charge in [-0.1, -0.05) is 36.4 Å². The van der Waals surface area contributed by atoms with Crippen LogP contribution in [0.1, 0.15) is 18.4 Å². The van der Waals surface area contributed by atoms with E-state index < -0.39 is 0 Å². The minimum Gasteiger partial charge on any atom is -0.331 e. The van der Waals surface area contributed by atoms with E-state index >= 15 is 0 Å². The van der Waals surface area contributed by atoms with Gasteiger partial charge in [-0.25, -0.2) is 0 Å². The molecule has 1 aliphatic rings. The number of para-hydroxylation sites is 2. The van der Waals surface area contributed by atoms with Gasteiger partial charge in [0.1, 0.15) is 5.84 Å².